The predicted octanol–water partition coefficient (Wildman–Crippen LogP) is 0.315. The maximum atomic E-state index is 4.69. The zero-order valence-corrected chi connectivity index (χ0v) is 7.93. The zero-order valence-electron chi connectivity index (χ0n) is 5.93. The van der Waals surface area contributed by atoms with E-state index >= 15 is 0 Å². The summed E-state index contributed by atoms with van der Waals surface area (Å²) in [6.07, 6.45) is 0. The highest BCUT2D eigenvalue weighted by atomic mass is 28.2. The molecule has 2 nitrogen and oxygen atoms in total. The predicted molar refractivity (Wildman–Crippen MR) is 39.0 cm³/mol. The van der Waals surface area contributed by atoms with Crippen LogP contribution in [0.3, 0.4) is 0 Å². The molecule has 0 aliphatic heterocycles. The Morgan fingerprint density at radius 1 is 1.62 bits per heavy atom. The summed E-state index contributed by atoms with van der Waals surface area (Å²) in [6, 6.07) is 0. The van der Waals surface area contributed by atoms with Crippen molar-refractivity contribution in [2.45, 2.75) is 20.8 Å². The smallest absolute Gasteiger partial charge is 0.242 e. The van der Waals surface area contributed by atoms with Crippen LogP contribution in [0.1, 0.15) is 20.8 Å². The highest BCUT2D eigenvalue weighted by molar-refractivity contribution is 5.98. The third-order valence-electron chi connectivity index (χ3n) is 1.07. The summed E-state index contributed by atoms with van der Waals surface area (Å²) in [5.74, 6) is 0.518. The molecule has 0 aromatic carbocycles. The fourth-order valence-corrected chi connectivity index (χ4v) is 0.537. The van der Waals surface area contributed by atoms with Gasteiger partial charge in [0.1, 0.15) is 0 Å². The van der Waals surface area contributed by atoms with Crippen LogP contribution in [-0.2, 0) is 4.53 Å². The van der Waals surface area contributed by atoms with E-state index in [9.17, 15) is 0 Å². The van der Waals surface area contributed by atoms with Crippen LogP contribution >= 0.6 is 0 Å². The molecule has 0 bridgehead atoms. The van der Waals surface area contributed by atoms with Crippen LogP contribution < -0.4 is 0 Å². The molecule has 0 amide bonds. The van der Waals surface area contributed by atoms with Gasteiger partial charge in [-0.15, -0.1) is 5.16 Å². The van der Waals surface area contributed by atoms with E-state index in [0.29, 0.717) is 16.4 Å². The molecule has 0 atom stereocenters. The second kappa shape index (κ2) is 3.66. The molecule has 48 valence electrons. The third kappa shape index (κ3) is 2.79. The van der Waals surface area contributed by atoms with E-state index in [1.165, 1.54) is 0 Å². The molecular weight excluding hydrogens is 118 g/mol. The SMILES string of the molecule is C/C(=N/O[SiH3])C(C)C. The van der Waals surface area contributed by atoms with Crippen molar-refractivity contribution in [3.05, 3.63) is 0 Å². The van der Waals surface area contributed by atoms with E-state index in [1.807, 2.05) is 6.92 Å². The van der Waals surface area contributed by atoms with E-state index in [-0.39, 0.29) is 0 Å². The van der Waals surface area contributed by atoms with Crippen molar-refractivity contribution in [2.75, 3.05) is 0 Å². The van der Waals surface area contributed by atoms with Crippen molar-refractivity contribution < 1.29 is 4.53 Å². The first-order valence-corrected chi connectivity index (χ1v) is 3.57. The maximum absolute atomic E-state index is 4.69. The molecule has 0 unspecified atom stereocenters. The van der Waals surface area contributed by atoms with Gasteiger partial charge in [-0.2, -0.15) is 0 Å². The average Bonchev–Trinajstić information content (AvgIpc) is 1.67. The second-order valence-electron chi connectivity index (χ2n) is 2.07. The summed E-state index contributed by atoms with van der Waals surface area (Å²) in [5, 5.41) is 3.80. The third-order valence-corrected chi connectivity index (χ3v) is 1.25. The molecule has 0 heterocycles. The van der Waals surface area contributed by atoms with Crippen LogP contribution in [-0.4, -0.2) is 16.2 Å². The lowest BCUT2D eigenvalue weighted by Gasteiger charge is -2.00. The zero-order chi connectivity index (χ0) is 6.57. The molecule has 0 saturated carbocycles. The fraction of sp³-hybridized carbons (Fsp3) is 0.800. The van der Waals surface area contributed by atoms with Crippen LogP contribution in [0.2, 0.25) is 0 Å². The Hall–Kier alpha value is -0.313. The van der Waals surface area contributed by atoms with Gasteiger partial charge in [0.2, 0.25) is 10.5 Å². The average molecular weight is 131 g/mol. The summed E-state index contributed by atoms with van der Waals surface area (Å²) in [5.41, 5.74) is 1.07. The molecule has 0 aromatic heterocycles. The highest BCUT2D eigenvalue weighted by Crippen LogP contribution is 1.94. The fourth-order valence-electron chi connectivity index (χ4n) is 0.249. The van der Waals surface area contributed by atoms with Gasteiger partial charge in [0.15, 0.2) is 0 Å². The molecule has 0 rings (SSSR count). The van der Waals surface area contributed by atoms with Gasteiger partial charge in [-0.25, -0.2) is 0 Å². The van der Waals surface area contributed by atoms with Gasteiger partial charge in [-0.3, -0.25) is 0 Å². The Morgan fingerprint density at radius 2 is 2.12 bits per heavy atom. The Labute approximate surface area is 53.5 Å². The Morgan fingerprint density at radius 3 is 2.25 bits per heavy atom. The molecule has 0 radical (unpaired) electrons. The lowest BCUT2D eigenvalue weighted by Crippen LogP contribution is -2.01. The standard InChI is InChI=1S/C5H13NOSi/c1-4(2)5(3)6-7-8/h4H,1-3,8H3/b6-5-. The minimum Gasteiger partial charge on any atom is -0.467 e. The first kappa shape index (κ1) is 7.69. The topological polar surface area (TPSA) is 21.6 Å². The minimum absolute atomic E-state index is 0.518. The van der Waals surface area contributed by atoms with Crippen molar-refractivity contribution in [1.82, 2.24) is 0 Å². The second-order valence-corrected chi connectivity index (χ2v) is 2.44. The van der Waals surface area contributed by atoms with Gasteiger partial charge in [0, 0.05) is 0 Å². The lowest BCUT2D eigenvalue weighted by molar-refractivity contribution is 0.374. The molecule has 0 saturated heterocycles. The van der Waals surface area contributed by atoms with Crippen LogP contribution in [0.5, 0.6) is 0 Å². The highest BCUT2D eigenvalue weighted by Gasteiger charge is 1.95. The van der Waals surface area contributed by atoms with Gasteiger partial charge in [-0.1, -0.05) is 13.8 Å². The minimum atomic E-state index is 0.518. The number of oxime groups is 1. The van der Waals surface area contributed by atoms with Gasteiger partial charge < -0.3 is 4.53 Å². The number of hydrogen-bond donors (Lipinski definition) is 0. The van der Waals surface area contributed by atoms with Crippen molar-refractivity contribution in [3.63, 3.8) is 0 Å². The van der Waals surface area contributed by atoms with E-state index in [2.05, 4.69) is 19.0 Å². The van der Waals surface area contributed by atoms with E-state index in [0.717, 1.165) is 5.71 Å². The van der Waals surface area contributed by atoms with Crippen molar-refractivity contribution in [1.29, 1.82) is 0 Å². The molecule has 3 heteroatoms. The van der Waals surface area contributed by atoms with Gasteiger partial charge in [0.05, 0.1) is 5.71 Å². The summed E-state index contributed by atoms with van der Waals surface area (Å²) < 4.78 is 4.69. The summed E-state index contributed by atoms with van der Waals surface area (Å²) >= 11 is 0. The maximum Gasteiger partial charge on any atom is 0.242 e. The van der Waals surface area contributed by atoms with Crippen molar-refractivity contribution in [3.8, 4) is 0 Å². The molecule has 0 aliphatic rings. The molecule has 0 N–H and O–H groups in total. The monoisotopic (exact) mass is 131 g/mol. The van der Waals surface area contributed by atoms with Gasteiger partial charge >= 0.3 is 0 Å². The first-order valence-electron chi connectivity index (χ1n) is 2.76. The first-order chi connectivity index (χ1) is 3.68. The van der Waals surface area contributed by atoms with E-state index < -0.39 is 0 Å². The quantitative estimate of drug-likeness (QED) is 0.300. The Balaban J connectivity index is 3.61. The molecule has 0 spiro atoms. The van der Waals surface area contributed by atoms with Crippen LogP contribution in [0, 0.1) is 5.92 Å². The largest absolute Gasteiger partial charge is 0.467 e. The molecule has 8 heavy (non-hydrogen) atoms. The van der Waals surface area contributed by atoms with Gasteiger partial charge in [0.25, 0.3) is 0 Å². The Bertz CT molecular complexity index is 90.4. The summed E-state index contributed by atoms with van der Waals surface area (Å²) in [4.78, 5) is 0. The van der Waals surface area contributed by atoms with E-state index in [4.69, 9.17) is 4.53 Å². The number of rotatable bonds is 2. The summed E-state index contributed by atoms with van der Waals surface area (Å²) in [6.45, 7) is 6.17. The molecule has 0 aromatic rings. The van der Waals surface area contributed by atoms with Gasteiger partial charge in [-0.05, 0) is 12.8 Å². The van der Waals surface area contributed by atoms with Crippen LogP contribution in [0.25, 0.3) is 0 Å². The van der Waals surface area contributed by atoms with Crippen molar-refractivity contribution in [2.24, 2.45) is 11.1 Å². The number of nitrogens with zero attached hydrogens (tertiary/aromatic N) is 1. The van der Waals surface area contributed by atoms with Crippen LogP contribution in [0.4, 0.5) is 0 Å². The molecule has 0 aliphatic carbocycles. The Kier molecular flexibility index (Phi) is 3.52. The lowest BCUT2D eigenvalue weighted by atomic mass is 10.1. The number of hydrogen-bond acceptors (Lipinski definition) is 2. The normalized spacial score (nSPS) is 12.8. The molecular formula is C5H13NOSi. The van der Waals surface area contributed by atoms with E-state index in [1.54, 1.807) is 0 Å². The summed E-state index contributed by atoms with van der Waals surface area (Å²) in [7, 11) is 0.695. The van der Waals surface area contributed by atoms with Crippen LogP contribution in [0.15, 0.2) is 5.16 Å². The molecule has 0 fully saturated rings. The van der Waals surface area contributed by atoms with Crippen molar-refractivity contribution >= 4 is 16.2 Å².